The van der Waals surface area contributed by atoms with E-state index in [1.165, 1.54) is 11.9 Å². The molecule has 33 heavy (non-hydrogen) atoms. The van der Waals surface area contributed by atoms with Gasteiger partial charge in [0.15, 0.2) is 11.7 Å². The third kappa shape index (κ3) is 4.33. The van der Waals surface area contributed by atoms with Crippen molar-refractivity contribution >= 4 is 16.9 Å². The Morgan fingerprint density at radius 1 is 1.21 bits per heavy atom. The SMILES string of the molecule is OC[C@@H]1CCCN1CC1CCc2ccccc2C1C#[N+]c1ncnc2[nH]c(C(F)(F)F)cc12. The minimum Gasteiger partial charge on any atom is -0.395 e. The second-order valence-electron chi connectivity index (χ2n) is 8.83. The van der Waals surface area contributed by atoms with Crippen LogP contribution in [0.3, 0.4) is 0 Å². The zero-order valence-electron chi connectivity index (χ0n) is 18.0. The van der Waals surface area contributed by atoms with Gasteiger partial charge in [-0.15, -0.1) is 0 Å². The fraction of sp³-hybridized carbons (Fsp3) is 0.458. The van der Waals surface area contributed by atoms with Gasteiger partial charge in [0.2, 0.25) is 6.33 Å². The van der Waals surface area contributed by atoms with Crippen LogP contribution in [0.1, 0.15) is 42.0 Å². The number of hydrogen-bond donors (Lipinski definition) is 2. The van der Waals surface area contributed by atoms with Crippen molar-refractivity contribution in [2.75, 3.05) is 19.7 Å². The molecule has 2 N–H and O–H groups in total. The van der Waals surface area contributed by atoms with Gasteiger partial charge in [-0.2, -0.15) is 23.0 Å². The van der Waals surface area contributed by atoms with E-state index in [0.717, 1.165) is 50.4 Å². The summed E-state index contributed by atoms with van der Waals surface area (Å²) >= 11 is 0. The molecule has 5 rings (SSSR count). The first-order valence-corrected chi connectivity index (χ1v) is 11.2. The van der Waals surface area contributed by atoms with E-state index in [1.807, 2.05) is 12.1 Å². The molecule has 0 spiro atoms. The maximum Gasteiger partial charge on any atom is 0.438 e. The molecule has 0 radical (unpaired) electrons. The number of aliphatic hydroxyl groups is 1. The van der Waals surface area contributed by atoms with Crippen LogP contribution in [0.5, 0.6) is 0 Å². The topological polar surface area (TPSA) is 69.4 Å². The van der Waals surface area contributed by atoms with Crippen molar-refractivity contribution < 1.29 is 18.3 Å². The molecule has 1 aliphatic carbocycles. The fourth-order valence-corrected chi connectivity index (χ4v) is 5.14. The number of nitrogens with one attached hydrogen (secondary N) is 1. The summed E-state index contributed by atoms with van der Waals surface area (Å²) in [7, 11) is 0. The molecule has 1 saturated heterocycles. The van der Waals surface area contributed by atoms with Gasteiger partial charge in [0, 0.05) is 12.6 Å². The molecule has 1 aliphatic heterocycles. The van der Waals surface area contributed by atoms with Crippen LogP contribution < -0.4 is 0 Å². The maximum atomic E-state index is 13.2. The fourth-order valence-electron chi connectivity index (χ4n) is 5.14. The molecule has 2 aliphatic rings. The first kappa shape index (κ1) is 21.9. The number of alkyl halides is 3. The van der Waals surface area contributed by atoms with Gasteiger partial charge in [-0.25, -0.2) is 0 Å². The van der Waals surface area contributed by atoms with Crippen molar-refractivity contribution in [3.63, 3.8) is 0 Å². The highest BCUT2D eigenvalue weighted by Gasteiger charge is 2.36. The number of aryl methyl sites for hydroxylation is 1. The zero-order chi connectivity index (χ0) is 23.0. The van der Waals surface area contributed by atoms with Crippen LogP contribution in [0.15, 0.2) is 36.7 Å². The predicted octanol–water partition coefficient (Wildman–Crippen LogP) is 4.74. The van der Waals surface area contributed by atoms with Crippen LogP contribution in [0.4, 0.5) is 19.0 Å². The largest absolute Gasteiger partial charge is 0.438 e. The van der Waals surface area contributed by atoms with E-state index in [9.17, 15) is 18.3 Å². The summed E-state index contributed by atoms with van der Waals surface area (Å²) in [5.74, 6) is 0.300. The first-order valence-electron chi connectivity index (χ1n) is 11.2. The van der Waals surface area contributed by atoms with E-state index >= 15 is 0 Å². The number of H-pyrrole nitrogens is 1. The smallest absolute Gasteiger partial charge is 0.395 e. The third-order valence-electron chi connectivity index (χ3n) is 6.84. The number of aliphatic hydroxyl groups excluding tert-OH is 1. The lowest BCUT2D eigenvalue weighted by Gasteiger charge is -2.33. The number of halogens is 3. The molecule has 2 aromatic heterocycles. The Morgan fingerprint density at radius 2 is 2.06 bits per heavy atom. The second kappa shape index (κ2) is 8.76. The minimum absolute atomic E-state index is 0.0984. The Balaban J connectivity index is 1.51. The number of likely N-dealkylation sites (tertiary alicyclic amines) is 1. The predicted molar refractivity (Wildman–Crippen MR) is 118 cm³/mol. The Labute approximate surface area is 189 Å². The van der Waals surface area contributed by atoms with Crippen LogP contribution in [-0.4, -0.2) is 50.7 Å². The summed E-state index contributed by atoms with van der Waals surface area (Å²) in [6.07, 6.45) is 0.697. The highest BCUT2D eigenvalue weighted by Crippen LogP contribution is 2.38. The van der Waals surface area contributed by atoms with Crippen LogP contribution >= 0.6 is 0 Å². The van der Waals surface area contributed by atoms with Gasteiger partial charge < -0.3 is 10.1 Å². The number of aromatic nitrogens is 3. The van der Waals surface area contributed by atoms with Gasteiger partial charge in [-0.1, -0.05) is 24.3 Å². The van der Waals surface area contributed by atoms with Crippen molar-refractivity contribution in [2.24, 2.45) is 5.92 Å². The van der Waals surface area contributed by atoms with Crippen molar-refractivity contribution in [1.82, 2.24) is 19.9 Å². The molecule has 9 heteroatoms. The quantitative estimate of drug-likeness (QED) is 0.597. The molecule has 2 unspecified atom stereocenters. The Hall–Kier alpha value is -2.96. The van der Waals surface area contributed by atoms with Crippen molar-refractivity contribution in [3.05, 3.63) is 58.3 Å². The van der Waals surface area contributed by atoms with Gasteiger partial charge in [0.05, 0.1) is 12.5 Å². The van der Waals surface area contributed by atoms with E-state index in [2.05, 4.69) is 42.9 Å². The molecule has 3 atom stereocenters. The van der Waals surface area contributed by atoms with Crippen molar-refractivity contribution in [1.29, 1.82) is 0 Å². The number of aromatic amines is 1. The lowest BCUT2D eigenvalue weighted by molar-refractivity contribution is -0.140. The highest BCUT2D eigenvalue weighted by atomic mass is 19.4. The van der Waals surface area contributed by atoms with E-state index in [0.29, 0.717) is 0 Å². The lowest BCUT2D eigenvalue weighted by Crippen LogP contribution is -2.38. The van der Waals surface area contributed by atoms with Gasteiger partial charge >= 0.3 is 12.0 Å². The molecule has 0 bridgehead atoms. The van der Waals surface area contributed by atoms with E-state index in [1.54, 1.807) is 0 Å². The van der Waals surface area contributed by atoms with E-state index < -0.39 is 11.9 Å². The van der Waals surface area contributed by atoms with Crippen LogP contribution in [-0.2, 0) is 12.6 Å². The standard InChI is InChI=1S/C24H25F3N5O/c25-24(26,27)21-10-19-22(29-14-30-23(19)31-21)28-11-20-16(12-32-9-3-5-17(32)13-33)8-7-15-4-1-2-6-18(15)20/h1-2,4,6,10,14,16-17,20,33H,3,5,7-9,12-13H2,(H,29,30,31)/q+1/t16?,17-,20?/m0/s1. The summed E-state index contributed by atoms with van der Waals surface area (Å²) in [5.41, 5.74) is 1.61. The molecule has 0 saturated carbocycles. The second-order valence-corrected chi connectivity index (χ2v) is 8.83. The highest BCUT2D eigenvalue weighted by molar-refractivity contribution is 5.88. The molecule has 1 aromatic carbocycles. The molecular formula is C24H25F3N5O+. The van der Waals surface area contributed by atoms with Crippen LogP contribution in [0, 0.1) is 12.0 Å². The number of rotatable bonds is 3. The molecule has 6 nitrogen and oxygen atoms in total. The zero-order valence-corrected chi connectivity index (χ0v) is 18.0. The van der Waals surface area contributed by atoms with Crippen LogP contribution in [0.25, 0.3) is 15.9 Å². The minimum atomic E-state index is -4.50. The van der Waals surface area contributed by atoms with Gasteiger partial charge in [0.25, 0.3) is 0 Å². The average molecular weight is 456 g/mol. The van der Waals surface area contributed by atoms with E-state index in [4.69, 9.17) is 0 Å². The molecule has 172 valence electrons. The van der Waals surface area contributed by atoms with Crippen molar-refractivity contribution in [3.8, 4) is 6.07 Å². The lowest BCUT2D eigenvalue weighted by atomic mass is 9.75. The molecular weight excluding hydrogens is 431 g/mol. The normalized spacial score (nSPS) is 23.3. The third-order valence-corrected chi connectivity index (χ3v) is 6.84. The van der Waals surface area contributed by atoms with Gasteiger partial charge in [-0.05, 0) is 60.3 Å². The monoisotopic (exact) mass is 456 g/mol. The molecule has 3 aromatic rings. The molecule has 1 fully saturated rings. The van der Waals surface area contributed by atoms with Crippen LogP contribution in [0.2, 0.25) is 0 Å². The summed E-state index contributed by atoms with van der Waals surface area (Å²) in [5, 5.41) is 9.95. The Kier molecular flexibility index (Phi) is 5.81. The summed E-state index contributed by atoms with van der Waals surface area (Å²) in [6, 6.07) is 12.6. The molecule has 3 heterocycles. The number of benzene rings is 1. The number of hydrogen-bond acceptors (Lipinski definition) is 4. The Bertz CT molecular complexity index is 1210. The number of fused-ring (bicyclic) bond motifs is 2. The Morgan fingerprint density at radius 3 is 2.88 bits per heavy atom. The first-order chi connectivity index (χ1) is 15.9. The maximum absolute atomic E-state index is 13.2. The summed E-state index contributed by atoms with van der Waals surface area (Å²) < 4.78 is 39.5. The molecule has 0 amide bonds. The van der Waals surface area contributed by atoms with E-state index in [-0.39, 0.29) is 41.3 Å². The average Bonchev–Trinajstić information content (AvgIpc) is 3.45. The summed E-state index contributed by atoms with van der Waals surface area (Å²) in [6.45, 7) is 1.94. The van der Waals surface area contributed by atoms with Crippen molar-refractivity contribution in [2.45, 2.75) is 43.8 Å². The summed E-state index contributed by atoms with van der Waals surface area (Å²) in [4.78, 5) is 17.2. The van der Waals surface area contributed by atoms with Gasteiger partial charge in [0.1, 0.15) is 11.1 Å². The number of nitrogens with zero attached hydrogens (tertiary/aromatic N) is 4. The van der Waals surface area contributed by atoms with Gasteiger partial charge in [-0.3, -0.25) is 4.90 Å².